The molecular formula is C24H29ClN4O4. The fourth-order valence-electron chi connectivity index (χ4n) is 4.80. The summed E-state index contributed by atoms with van der Waals surface area (Å²) in [5.74, 6) is 0.387. The predicted molar refractivity (Wildman–Crippen MR) is 130 cm³/mol. The van der Waals surface area contributed by atoms with E-state index in [0.29, 0.717) is 31.1 Å². The molecule has 0 bridgehead atoms. The molecule has 2 heterocycles. The van der Waals surface area contributed by atoms with Crippen LogP contribution in [0.25, 0.3) is 0 Å². The van der Waals surface area contributed by atoms with Crippen LogP contribution < -0.4 is 19.9 Å². The van der Waals surface area contributed by atoms with Crippen molar-refractivity contribution in [1.29, 1.82) is 0 Å². The van der Waals surface area contributed by atoms with E-state index in [4.69, 9.17) is 16.3 Å². The first-order valence-corrected chi connectivity index (χ1v) is 11.6. The number of hydrogen-bond acceptors (Lipinski definition) is 6. The predicted octanol–water partition coefficient (Wildman–Crippen LogP) is 4.04. The number of nitro groups is 1. The maximum absolute atomic E-state index is 13.3. The van der Waals surface area contributed by atoms with Gasteiger partial charge in [-0.05, 0) is 49.6 Å². The zero-order valence-electron chi connectivity index (χ0n) is 19.1. The van der Waals surface area contributed by atoms with Crippen molar-refractivity contribution in [2.24, 2.45) is 5.92 Å². The van der Waals surface area contributed by atoms with Crippen molar-refractivity contribution in [3.8, 4) is 5.75 Å². The lowest BCUT2D eigenvalue weighted by Gasteiger charge is -2.49. The number of anilines is 2. The monoisotopic (exact) mass is 472 g/mol. The maximum Gasteiger partial charge on any atom is 0.269 e. The number of fused-ring (bicyclic) bond motifs is 3. The average molecular weight is 473 g/mol. The number of benzene rings is 2. The second-order valence-corrected chi connectivity index (χ2v) is 9.16. The van der Waals surface area contributed by atoms with E-state index in [0.717, 1.165) is 29.1 Å². The molecule has 0 aliphatic carbocycles. The summed E-state index contributed by atoms with van der Waals surface area (Å²) < 4.78 is 5.57. The van der Waals surface area contributed by atoms with E-state index in [1.165, 1.54) is 0 Å². The standard InChI is InChI=1S/C24H29ClN4O4/c1-4-15(2)26-24(30)19-12-16-11-18(29(31)32)6-7-20(16)28-10-9-27(14-22(19)28)21-13-17(25)5-8-23(21)33-3/h5-8,11,13,15,19,22H,4,9-10,12,14H2,1-3H3,(H,26,30). The minimum absolute atomic E-state index is 0.0172. The lowest BCUT2D eigenvalue weighted by Crippen LogP contribution is -2.61. The van der Waals surface area contributed by atoms with Crippen LogP contribution in [0.5, 0.6) is 5.75 Å². The lowest BCUT2D eigenvalue weighted by atomic mass is 9.83. The minimum Gasteiger partial charge on any atom is -0.495 e. The van der Waals surface area contributed by atoms with E-state index in [9.17, 15) is 14.9 Å². The Labute approximate surface area is 198 Å². The minimum atomic E-state index is -0.385. The van der Waals surface area contributed by atoms with Gasteiger partial charge in [0.2, 0.25) is 5.91 Å². The zero-order chi connectivity index (χ0) is 23.7. The van der Waals surface area contributed by atoms with Gasteiger partial charge >= 0.3 is 0 Å². The topological polar surface area (TPSA) is 87.9 Å². The molecule has 3 unspecified atom stereocenters. The summed E-state index contributed by atoms with van der Waals surface area (Å²) in [5.41, 5.74) is 2.77. The van der Waals surface area contributed by atoms with Crippen LogP contribution in [0.1, 0.15) is 25.8 Å². The zero-order valence-corrected chi connectivity index (χ0v) is 19.8. The molecule has 2 aromatic rings. The highest BCUT2D eigenvalue weighted by Gasteiger charge is 2.42. The van der Waals surface area contributed by atoms with Gasteiger partial charge in [-0.15, -0.1) is 0 Å². The molecule has 3 atom stereocenters. The molecule has 2 aliphatic rings. The van der Waals surface area contributed by atoms with E-state index < -0.39 is 0 Å². The van der Waals surface area contributed by atoms with Crippen molar-refractivity contribution in [2.75, 3.05) is 36.5 Å². The molecule has 9 heteroatoms. The van der Waals surface area contributed by atoms with Crippen molar-refractivity contribution in [1.82, 2.24) is 5.32 Å². The smallest absolute Gasteiger partial charge is 0.269 e. The molecule has 2 aliphatic heterocycles. The summed E-state index contributed by atoms with van der Waals surface area (Å²) in [6, 6.07) is 10.5. The van der Waals surface area contributed by atoms with Gasteiger partial charge in [0.15, 0.2) is 0 Å². The third kappa shape index (κ3) is 4.57. The number of ether oxygens (including phenoxy) is 1. The highest BCUT2D eigenvalue weighted by atomic mass is 35.5. The Kier molecular flexibility index (Phi) is 6.65. The van der Waals surface area contributed by atoms with E-state index in [2.05, 4.69) is 15.1 Å². The van der Waals surface area contributed by atoms with Gasteiger partial charge in [-0.3, -0.25) is 14.9 Å². The van der Waals surface area contributed by atoms with Crippen LogP contribution in [-0.4, -0.2) is 49.7 Å². The molecule has 4 rings (SSSR count). The molecule has 8 nitrogen and oxygen atoms in total. The van der Waals surface area contributed by atoms with Gasteiger partial charge in [-0.25, -0.2) is 0 Å². The second kappa shape index (κ2) is 9.47. The first-order valence-electron chi connectivity index (χ1n) is 11.2. The van der Waals surface area contributed by atoms with Crippen LogP contribution in [0.15, 0.2) is 36.4 Å². The Hall–Kier alpha value is -3.00. The maximum atomic E-state index is 13.3. The second-order valence-electron chi connectivity index (χ2n) is 8.72. The quantitative estimate of drug-likeness (QED) is 0.504. The summed E-state index contributed by atoms with van der Waals surface area (Å²) in [6.07, 6.45) is 1.29. The number of non-ortho nitro benzene ring substituents is 1. The van der Waals surface area contributed by atoms with Gasteiger partial charge in [0.1, 0.15) is 5.75 Å². The number of nitrogens with one attached hydrogen (secondary N) is 1. The van der Waals surface area contributed by atoms with Gasteiger partial charge in [-0.2, -0.15) is 0 Å². The number of carbonyl (C=O) groups excluding carboxylic acids is 1. The van der Waals surface area contributed by atoms with E-state index in [1.54, 1.807) is 25.3 Å². The van der Waals surface area contributed by atoms with Crippen LogP contribution in [0.2, 0.25) is 5.02 Å². The van der Waals surface area contributed by atoms with Gasteiger partial charge < -0.3 is 19.9 Å². The molecule has 0 radical (unpaired) electrons. The van der Waals surface area contributed by atoms with E-state index >= 15 is 0 Å². The Balaban J connectivity index is 1.70. The number of methoxy groups -OCH3 is 1. The van der Waals surface area contributed by atoms with E-state index in [-0.39, 0.29) is 34.5 Å². The largest absolute Gasteiger partial charge is 0.495 e. The Bertz CT molecular complexity index is 1060. The molecule has 1 amide bonds. The van der Waals surface area contributed by atoms with Gasteiger partial charge in [0.25, 0.3) is 5.69 Å². The van der Waals surface area contributed by atoms with Gasteiger partial charge in [-0.1, -0.05) is 18.5 Å². The van der Waals surface area contributed by atoms with Crippen molar-refractivity contribution in [3.05, 3.63) is 57.1 Å². The molecule has 0 aromatic heterocycles. The molecule has 0 saturated carbocycles. The van der Waals surface area contributed by atoms with Crippen LogP contribution in [-0.2, 0) is 11.2 Å². The summed E-state index contributed by atoms with van der Waals surface area (Å²) in [4.78, 5) is 28.7. The highest BCUT2D eigenvalue weighted by molar-refractivity contribution is 6.31. The molecule has 1 N–H and O–H groups in total. The number of hydrogen-bond donors (Lipinski definition) is 1. The molecule has 1 fully saturated rings. The number of carbonyl (C=O) groups is 1. The first kappa shape index (κ1) is 23.2. The Morgan fingerprint density at radius 1 is 1.27 bits per heavy atom. The van der Waals surface area contributed by atoms with E-state index in [1.807, 2.05) is 32.0 Å². The number of amides is 1. The number of piperazine rings is 1. The lowest BCUT2D eigenvalue weighted by molar-refractivity contribution is -0.384. The fraction of sp³-hybridized carbons (Fsp3) is 0.458. The molecule has 33 heavy (non-hydrogen) atoms. The third-order valence-electron chi connectivity index (χ3n) is 6.73. The molecular weight excluding hydrogens is 444 g/mol. The SMILES string of the molecule is CCC(C)NC(=O)C1Cc2cc([N+](=O)[O-])ccc2N2CCN(c3cc(Cl)ccc3OC)CC12. The average Bonchev–Trinajstić information content (AvgIpc) is 2.82. The third-order valence-corrected chi connectivity index (χ3v) is 6.96. The van der Waals surface area contributed by atoms with Crippen molar-refractivity contribution < 1.29 is 14.5 Å². The number of nitrogens with zero attached hydrogens (tertiary/aromatic N) is 3. The van der Waals surface area contributed by atoms with Crippen LogP contribution >= 0.6 is 11.6 Å². The highest BCUT2D eigenvalue weighted by Crippen LogP contribution is 2.40. The van der Waals surface area contributed by atoms with Gasteiger partial charge in [0, 0.05) is 48.5 Å². The van der Waals surface area contributed by atoms with Crippen molar-refractivity contribution in [3.63, 3.8) is 0 Å². The van der Waals surface area contributed by atoms with Crippen LogP contribution in [0.4, 0.5) is 17.1 Å². The van der Waals surface area contributed by atoms with Crippen LogP contribution in [0, 0.1) is 16.0 Å². The summed E-state index contributed by atoms with van der Waals surface area (Å²) in [7, 11) is 1.63. The first-order chi connectivity index (χ1) is 15.8. The number of nitro benzene ring substituents is 1. The Morgan fingerprint density at radius 3 is 2.76 bits per heavy atom. The van der Waals surface area contributed by atoms with Crippen LogP contribution in [0.3, 0.4) is 0 Å². The fourth-order valence-corrected chi connectivity index (χ4v) is 4.97. The molecule has 1 saturated heterocycles. The summed E-state index contributed by atoms with van der Waals surface area (Å²) in [6.45, 7) is 6.03. The molecule has 176 valence electrons. The normalized spacial score (nSPS) is 20.5. The number of rotatable bonds is 6. The molecule has 2 aromatic carbocycles. The van der Waals surface area contributed by atoms with Crippen molar-refractivity contribution in [2.45, 2.75) is 38.8 Å². The van der Waals surface area contributed by atoms with Gasteiger partial charge in [0.05, 0.1) is 29.7 Å². The molecule has 0 spiro atoms. The summed E-state index contributed by atoms with van der Waals surface area (Å²) in [5, 5.41) is 15.1. The van der Waals surface area contributed by atoms with Crippen molar-refractivity contribution >= 4 is 34.6 Å². The summed E-state index contributed by atoms with van der Waals surface area (Å²) >= 11 is 6.28. The Morgan fingerprint density at radius 2 is 2.06 bits per heavy atom. The number of halogens is 1.